The van der Waals surface area contributed by atoms with Gasteiger partial charge >= 0.3 is 0 Å². The Hall–Kier alpha value is -1.38. The van der Waals surface area contributed by atoms with Gasteiger partial charge in [-0.1, -0.05) is 12.8 Å². The van der Waals surface area contributed by atoms with Crippen LogP contribution in [0.25, 0.3) is 0 Å². The highest BCUT2D eigenvalue weighted by molar-refractivity contribution is 14.0. The second-order valence-corrected chi connectivity index (χ2v) is 5.84. The van der Waals surface area contributed by atoms with Crippen LogP contribution in [0.3, 0.4) is 0 Å². The van der Waals surface area contributed by atoms with Gasteiger partial charge in [0, 0.05) is 13.1 Å². The van der Waals surface area contributed by atoms with Crippen LogP contribution in [0.1, 0.15) is 38.2 Å². The summed E-state index contributed by atoms with van der Waals surface area (Å²) in [6.07, 6.45) is 4.91. The number of nitrogens with zero attached hydrogens (tertiary/aromatic N) is 2. The van der Waals surface area contributed by atoms with Gasteiger partial charge in [-0.3, -0.25) is 0 Å². The normalized spacial score (nSPS) is 15.2. The first-order valence-electron chi connectivity index (χ1n) is 8.62. The number of ether oxygens (including phenoxy) is 3. The van der Waals surface area contributed by atoms with Gasteiger partial charge in [-0.15, -0.1) is 24.0 Å². The molecule has 0 bridgehead atoms. The molecule has 6 nitrogen and oxygen atoms in total. The highest BCUT2D eigenvalue weighted by Gasteiger charge is 2.14. The molecule has 0 aliphatic carbocycles. The van der Waals surface area contributed by atoms with E-state index >= 15 is 0 Å². The molecule has 0 spiro atoms. The third kappa shape index (κ3) is 6.13. The van der Waals surface area contributed by atoms with E-state index in [0.717, 1.165) is 18.7 Å². The van der Waals surface area contributed by atoms with E-state index in [1.165, 1.54) is 25.7 Å². The van der Waals surface area contributed by atoms with Crippen LogP contribution in [0.15, 0.2) is 17.1 Å². The van der Waals surface area contributed by atoms with Gasteiger partial charge in [0.15, 0.2) is 17.5 Å². The van der Waals surface area contributed by atoms with E-state index in [2.05, 4.69) is 9.89 Å². The Morgan fingerprint density at radius 3 is 2.12 bits per heavy atom. The monoisotopic (exact) mass is 463 g/mol. The van der Waals surface area contributed by atoms with E-state index < -0.39 is 0 Å². The Labute approximate surface area is 167 Å². The van der Waals surface area contributed by atoms with Crippen LogP contribution < -0.4 is 19.9 Å². The summed E-state index contributed by atoms with van der Waals surface area (Å²) in [4.78, 5) is 6.73. The summed E-state index contributed by atoms with van der Waals surface area (Å²) in [5, 5.41) is 0. The van der Waals surface area contributed by atoms with E-state index in [1.807, 2.05) is 19.1 Å². The largest absolute Gasteiger partial charge is 0.493 e. The van der Waals surface area contributed by atoms with Crippen molar-refractivity contribution in [2.45, 2.75) is 39.2 Å². The highest BCUT2D eigenvalue weighted by Crippen LogP contribution is 2.38. The van der Waals surface area contributed by atoms with E-state index in [1.54, 1.807) is 14.2 Å². The Morgan fingerprint density at radius 1 is 1.08 bits per heavy atom. The molecule has 25 heavy (non-hydrogen) atoms. The number of rotatable bonds is 6. The molecule has 142 valence electrons. The third-order valence-corrected chi connectivity index (χ3v) is 4.16. The van der Waals surface area contributed by atoms with E-state index in [-0.39, 0.29) is 24.0 Å². The Kier molecular flexibility index (Phi) is 9.77. The van der Waals surface area contributed by atoms with Crippen molar-refractivity contribution in [3.05, 3.63) is 17.7 Å². The number of hydrogen-bond donors (Lipinski definition) is 1. The molecular formula is C18H30IN3O3. The SMILES string of the molecule is CCOc1c(OC)cc(CN=C(N)N2CCCCCC2)cc1OC.I. The summed E-state index contributed by atoms with van der Waals surface area (Å²) < 4.78 is 16.5. The van der Waals surface area contributed by atoms with Gasteiger partial charge in [0.1, 0.15) is 0 Å². The average Bonchev–Trinajstić information content (AvgIpc) is 2.89. The topological polar surface area (TPSA) is 69.3 Å². The second-order valence-electron chi connectivity index (χ2n) is 5.84. The zero-order valence-corrected chi connectivity index (χ0v) is 17.7. The lowest BCUT2D eigenvalue weighted by Gasteiger charge is -2.21. The van der Waals surface area contributed by atoms with E-state index in [0.29, 0.717) is 36.4 Å². The van der Waals surface area contributed by atoms with Crippen LogP contribution in [0.4, 0.5) is 0 Å². The Balaban J connectivity index is 0.00000312. The lowest BCUT2D eigenvalue weighted by Crippen LogP contribution is -2.38. The standard InChI is InChI=1S/C18H29N3O3.HI/c1-4-24-17-15(22-2)11-14(12-16(17)23-3)13-20-18(19)21-9-7-5-6-8-10-21;/h11-12H,4-10,13H2,1-3H3,(H2,19,20);1H. The summed E-state index contributed by atoms with van der Waals surface area (Å²) in [6.45, 7) is 4.95. The summed E-state index contributed by atoms with van der Waals surface area (Å²) in [6, 6.07) is 3.85. The molecule has 0 unspecified atom stereocenters. The number of halogens is 1. The summed E-state index contributed by atoms with van der Waals surface area (Å²) in [5.74, 6) is 2.53. The first-order chi connectivity index (χ1) is 11.7. The minimum Gasteiger partial charge on any atom is -0.493 e. The fourth-order valence-electron chi connectivity index (χ4n) is 2.88. The number of methoxy groups -OCH3 is 2. The molecule has 2 rings (SSSR count). The maximum Gasteiger partial charge on any atom is 0.203 e. The molecule has 0 radical (unpaired) electrons. The van der Waals surface area contributed by atoms with Crippen molar-refractivity contribution in [1.29, 1.82) is 0 Å². The van der Waals surface area contributed by atoms with E-state index in [4.69, 9.17) is 19.9 Å². The number of hydrogen-bond acceptors (Lipinski definition) is 4. The molecule has 0 aromatic heterocycles. The lowest BCUT2D eigenvalue weighted by molar-refractivity contribution is 0.288. The highest BCUT2D eigenvalue weighted by atomic mass is 127. The molecular weight excluding hydrogens is 433 g/mol. The van der Waals surface area contributed by atoms with Crippen molar-refractivity contribution in [1.82, 2.24) is 4.90 Å². The fourth-order valence-corrected chi connectivity index (χ4v) is 2.88. The summed E-state index contributed by atoms with van der Waals surface area (Å²) >= 11 is 0. The summed E-state index contributed by atoms with van der Waals surface area (Å²) in [7, 11) is 3.24. The van der Waals surface area contributed by atoms with Crippen molar-refractivity contribution in [3.63, 3.8) is 0 Å². The second kappa shape index (κ2) is 11.3. The van der Waals surface area contributed by atoms with Crippen molar-refractivity contribution >= 4 is 29.9 Å². The Bertz CT molecular complexity index is 533. The molecule has 0 atom stereocenters. The zero-order chi connectivity index (χ0) is 17.4. The molecule has 1 heterocycles. The first kappa shape index (κ1) is 21.7. The average molecular weight is 463 g/mol. The number of nitrogens with two attached hydrogens (primary N) is 1. The number of benzene rings is 1. The van der Waals surface area contributed by atoms with Gasteiger partial charge < -0.3 is 24.8 Å². The maximum atomic E-state index is 6.17. The van der Waals surface area contributed by atoms with Crippen LogP contribution in [0.2, 0.25) is 0 Å². The van der Waals surface area contributed by atoms with Gasteiger partial charge in [0.2, 0.25) is 5.75 Å². The van der Waals surface area contributed by atoms with Crippen LogP contribution in [-0.4, -0.2) is 44.8 Å². The molecule has 0 amide bonds. The Morgan fingerprint density at radius 2 is 1.64 bits per heavy atom. The molecule has 7 heteroatoms. The number of guanidine groups is 1. The van der Waals surface area contributed by atoms with Crippen molar-refractivity contribution in [2.75, 3.05) is 33.9 Å². The molecule has 1 aromatic carbocycles. The molecule has 1 aliphatic rings. The van der Waals surface area contributed by atoms with Crippen molar-refractivity contribution < 1.29 is 14.2 Å². The van der Waals surface area contributed by atoms with Crippen LogP contribution >= 0.6 is 24.0 Å². The molecule has 2 N–H and O–H groups in total. The molecule has 1 aliphatic heterocycles. The maximum absolute atomic E-state index is 6.17. The third-order valence-electron chi connectivity index (χ3n) is 4.16. The van der Waals surface area contributed by atoms with E-state index in [9.17, 15) is 0 Å². The zero-order valence-electron chi connectivity index (χ0n) is 15.4. The quantitative estimate of drug-likeness (QED) is 0.398. The molecule has 1 saturated heterocycles. The van der Waals surface area contributed by atoms with Gasteiger partial charge in [0.25, 0.3) is 0 Å². The minimum atomic E-state index is 0. The predicted octanol–water partition coefficient (Wildman–Crippen LogP) is 3.41. The first-order valence-corrected chi connectivity index (χ1v) is 8.62. The molecule has 0 saturated carbocycles. The number of aliphatic imine (C=N–C) groups is 1. The van der Waals surface area contributed by atoms with Crippen LogP contribution in [-0.2, 0) is 6.54 Å². The molecule has 1 aromatic rings. The smallest absolute Gasteiger partial charge is 0.203 e. The number of likely N-dealkylation sites (tertiary alicyclic amines) is 1. The predicted molar refractivity (Wildman–Crippen MR) is 111 cm³/mol. The van der Waals surface area contributed by atoms with Gasteiger partial charge in [0.05, 0.1) is 27.4 Å². The lowest BCUT2D eigenvalue weighted by atomic mass is 10.2. The van der Waals surface area contributed by atoms with Crippen molar-refractivity contribution in [3.8, 4) is 17.2 Å². The molecule has 1 fully saturated rings. The van der Waals surface area contributed by atoms with Gasteiger partial charge in [-0.2, -0.15) is 0 Å². The van der Waals surface area contributed by atoms with Crippen LogP contribution in [0, 0.1) is 0 Å². The van der Waals surface area contributed by atoms with Crippen LogP contribution in [0.5, 0.6) is 17.2 Å². The van der Waals surface area contributed by atoms with Gasteiger partial charge in [-0.25, -0.2) is 4.99 Å². The summed E-state index contributed by atoms with van der Waals surface area (Å²) in [5.41, 5.74) is 7.15. The minimum absolute atomic E-state index is 0. The van der Waals surface area contributed by atoms with Gasteiger partial charge in [-0.05, 0) is 37.5 Å². The van der Waals surface area contributed by atoms with Crippen molar-refractivity contribution in [2.24, 2.45) is 10.7 Å². The fraction of sp³-hybridized carbons (Fsp3) is 0.611.